The molecule has 0 unspecified atom stereocenters. The van der Waals surface area contributed by atoms with E-state index in [4.69, 9.17) is 23.2 Å². The van der Waals surface area contributed by atoms with Crippen LogP contribution in [0.3, 0.4) is 0 Å². The molecule has 2 N–H and O–H groups in total. The second kappa shape index (κ2) is 13.6. The van der Waals surface area contributed by atoms with Gasteiger partial charge in [0.15, 0.2) is 0 Å². The minimum Gasteiger partial charge on any atom is -1.00 e. The Morgan fingerprint density at radius 1 is 1.06 bits per heavy atom. The molecule has 0 spiro atoms. The molecule has 0 bridgehead atoms. The molecule has 178 valence electrons. The van der Waals surface area contributed by atoms with Gasteiger partial charge in [0.2, 0.25) is 5.95 Å². The van der Waals surface area contributed by atoms with Gasteiger partial charge in [0, 0.05) is 24.1 Å². The van der Waals surface area contributed by atoms with Gasteiger partial charge in [-0.1, -0.05) is 53.6 Å². The van der Waals surface area contributed by atoms with E-state index < -0.39 is 17.9 Å². The molecule has 35 heavy (non-hydrogen) atoms. The molecular formula is C25H25Cl2N4NaO3. The molecular weight excluding hydrogens is 498 g/mol. The van der Waals surface area contributed by atoms with E-state index in [-0.39, 0.29) is 59.1 Å². The Bertz CT molecular complexity index is 1160. The van der Waals surface area contributed by atoms with Crippen molar-refractivity contribution in [1.82, 2.24) is 15.3 Å². The van der Waals surface area contributed by atoms with E-state index in [1.54, 1.807) is 36.7 Å². The van der Waals surface area contributed by atoms with Crippen LogP contribution in [0.4, 0.5) is 11.6 Å². The van der Waals surface area contributed by atoms with Crippen molar-refractivity contribution in [2.45, 2.75) is 32.4 Å². The number of aromatic nitrogens is 2. The van der Waals surface area contributed by atoms with Gasteiger partial charge in [-0.2, -0.15) is 0 Å². The minimum atomic E-state index is -1.16. The van der Waals surface area contributed by atoms with Crippen molar-refractivity contribution in [1.29, 1.82) is 0 Å². The van der Waals surface area contributed by atoms with E-state index in [1.165, 1.54) is 12.1 Å². The molecule has 0 fully saturated rings. The molecule has 3 aromatic rings. The molecule has 2 aromatic carbocycles. The smallest absolute Gasteiger partial charge is 1.00 e. The number of amides is 1. The Morgan fingerprint density at radius 3 is 2.20 bits per heavy atom. The van der Waals surface area contributed by atoms with Gasteiger partial charge in [0.05, 0.1) is 15.6 Å². The van der Waals surface area contributed by atoms with Gasteiger partial charge in [0.25, 0.3) is 5.91 Å². The number of hydrogen-bond donors (Lipinski definition) is 2. The van der Waals surface area contributed by atoms with Gasteiger partial charge in [-0.3, -0.25) is 4.79 Å². The Hall–Kier alpha value is -2.42. The fraction of sp³-hybridized carbons (Fsp3) is 0.200. The van der Waals surface area contributed by atoms with E-state index in [2.05, 4.69) is 29.1 Å². The number of nitrogens with zero attached hydrogens (tertiary/aromatic N) is 3. The molecule has 0 radical (unpaired) electrons. The zero-order valence-corrected chi connectivity index (χ0v) is 23.2. The van der Waals surface area contributed by atoms with Crippen molar-refractivity contribution in [3.8, 4) is 0 Å². The largest absolute Gasteiger partial charge is 1.00 e. The summed E-state index contributed by atoms with van der Waals surface area (Å²) < 4.78 is 0. The third-order valence-electron chi connectivity index (χ3n) is 4.93. The van der Waals surface area contributed by atoms with Crippen LogP contribution in [-0.4, -0.2) is 39.0 Å². The van der Waals surface area contributed by atoms with Crippen molar-refractivity contribution < 1.29 is 45.7 Å². The summed E-state index contributed by atoms with van der Waals surface area (Å²) >= 11 is 12.1. The molecule has 0 saturated heterocycles. The van der Waals surface area contributed by atoms with Gasteiger partial charge >= 0.3 is 35.5 Å². The number of carbonyl (C=O) groups is 2. The monoisotopic (exact) mass is 522 g/mol. The summed E-state index contributed by atoms with van der Waals surface area (Å²) in [4.78, 5) is 34.9. The van der Waals surface area contributed by atoms with E-state index in [9.17, 15) is 14.7 Å². The van der Waals surface area contributed by atoms with Crippen LogP contribution in [0.25, 0.3) is 6.08 Å². The van der Waals surface area contributed by atoms with E-state index in [0.29, 0.717) is 5.95 Å². The first-order chi connectivity index (χ1) is 16.3. The van der Waals surface area contributed by atoms with Crippen LogP contribution in [0.2, 0.25) is 10.0 Å². The van der Waals surface area contributed by atoms with Crippen LogP contribution in [0.15, 0.2) is 67.0 Å². The number of carbonyl (C=O) groups excluding carboxylic acids is 1. The first-order valence-corrected chi connectivity index (χ1v) is 11.3. The van der Waals surface area contributed by atoms with Crippen molar-refractivity contribution in [3.05, 3.63) is 88.2 Å². The number of halogens is 2. The van der Waals surface area contributed by atoms with Crippen molar-refractivity contribution in [2.24, 2.45) is 0 Å². The normalized spacial score (nSPS) is 11.7. The first-order valence-electron chi connectivity index (χ1n) is 10.6. The number of carboxylic acid groups (broad SMARTS) is 1. The summed E-state index contributed by atoms with van der Waals surface area (Å²) in [5, 5.41) is 12.3. The van der Waals surface area contributed by atoms with Gasteiger partial charge in [-0.15, -0.1) is 0 Å². The van der Waals surface area contributed by atoms with Gasteiger partial charge in [0.1, 0.15) is 6.04 Å². The Morgan fingerprint density at radius 2 is 1.66 bits per heavy atom. The number of benzene rings is 2. The summed E-state index contributed by atoms with van der Waals surface area (Å²) in [6.45, 7) is 4.11. The minimum absolute atomic E-state index is 0. The molecule has 1 amide bonds. The van der Waals surface area contributed by atoms with Crippen molar-refractivity contribution in [3.63, 3.8) is 0 Å². The number of anilines is 2. The van der Waals surface area contributed by atoms with Gasteiger partial charge < -0.3 is 16.7 Å². The summed E-state index contributed by atoms with van der Waals surface area (Å²) in [5.74, 6) is -1.19. The van der Waals surface area contributed by atoms with Crippen LogP contribution in [-0.2, 0) is 4.79 Å². The van der Waals surface area contributed by atoms with Crippen molar-refractivity contribution in [2.75, 3.05) is 4.90 Å². The molecule has 1 heterocycles. The molecule has 1 atom stereocenters. The summed E-state index contributed by atoms with van der Waals surface area (Å²) in [6, 6.07) is 13.2. The van der Waals surface area contributed by atoms with Crippen LogP contribution in [0.1, 0.15) is 37.6 Å². The second-order valence-electron chi connectivity index (χ2n) is 7.70. The molecule has 1 aromatic heterocycles. The number of hydrogen-bond acceptors (Lipinski definition) is 5. The van der Waals surface area contributed by atoms with Crippen molar-refractivity contribution >= 4 is 52.8 Å². The third-order valence-corrected chi connectivity index (χ3v) is 5.56. The molecule has 0 aliphatic carbocycles. The van der Waals surface area contributed by atoms with Crippen LogP contribution in [0.5, 0.6) is 0 Å². The molecule has 0 aliphatic heterocycles. The summed E-state index contributed by atoms with van der Waals surface area (Å²) in [7, 11) is 0. The molecule has 0 saturated carbocycles. The average molecular weight is 523 g/mol. The molecule has 10 heteroatoms. The Kier molecular flexibility index (Phi) is 11.2. The van der Waals surface area contributed by atoms with Gasteiger partial charge in [-0.25, -0.2) is 14.8 Å². The first kappa shape index (κ1) is 28.8. The summed E-state index contributed by atoms with van der Waals surface area (Å²) in [5.41, 5.74) is 1.87. The van der Waals surface area contributed by atoms with Gasteiger partial charge in [-0.05, 0) is 56.2 Å². The predicted molar refractivity (Wildman–Crippen MR) is 136 cm³/mol. The average Bonchev–Trinajstić information content (AvgIpc) is 2.80. The molecule has 3 rings (SSSR count). The fourth-order valence-electron chi connectivity index (χ4n) is 3.31. The quantitative estimate of drug-likeness (QED) is 0.419. The maximum absolute atomic E-state index is 12.5. The summed E-state index contributed by atoms with van der Waals surface area (Å²) in [6.07, 6.45) is 6.98. The zero-order chi connectivity index (χ0) is 24.7. The van der Waals surface area contributed by atoms with Crippen LogP contribution < -0.4 is 39.8 Å². The number of aliphatic carboxylic acids is 1. The third kappa shape index (κ3) is 7.78. The van der Waals surface area contributed by atoms with E-state index >= 15 is 0 Å². The maximum atomic E-state index is 12.5. The standard InChI is InChI=1S/C25H24Cl2N4O3.Na.H/c1-16(2)31(25-28-14-5-15-29-25)18-12-10-17(11-13-18)6-3-9-21(24(33)34)30-23(32)22-19(26)7-4-8-20(22)27;;/h3-8,10-16,21H,9H2,1-2H3,(H,30,32)(H,33,34);;/q;+1;-1/b6-3+;;/t21-;;/m0../s1. The molecule has 7 nitrogen and oxygen atoms in total. The zero-order valence-electron chi connectivity index (χ0n) is 20.7. The van der Waals surface area contributed by atoms with Crippen LogP contribution in [0, 0.1) is 0 Å². The van der Waals surface area contributed by atoms with E-state index in [1.807, 2.05) is 29.2 Å². The number of nitrogens with one attached hydrogen (secondary N) is 1. The van der Waals surface area contributed by atoms with Crippen LogP contribution >= 0.6 is 23.2 Å². The van der Waals surface area contributed by atoms with E-state index in [0.717, 1.165) is 11.3 Å². The second-order valence-corrected chi connectivity index (χ2v) is 8.52. The Labute approximate surface area is 238 Å². The predicted octanol–water partition coefficient (Wildman–Crippen LogP) is 2.73. The maximum Gasteiger partial charge on any atom is 1.00 e. The molecule has 0 aliphatic rings. The topological polar surface area (TPSA) is 95.4 Å². The number of rotatable bonds is 9. The Balaban J connectivity index is 0.00000324. The fourth-order valence-corrected chi connectivity index (χ4v) is 3.88. The number of carboxylic acids is 1. The SMILES string of the molecule is CC(C)N(c1ccc(/C=C/C[C@H](NC(=O)c2c(Cl)cccc2Cl)C(=O)O)cc1)c1ncccn1.[H-].[Na+].